The van der Waals surface area contributed by atoms with Crippen LogP contribution in [0.25, 0.3) is 28.0 Å². The third-order valence-electron chi connectivity index (χ3n) is 6.70. The summed E-state index contributed by atoms with van der Waals surface area (Å²) in [6, 6.07) is 21.1. The zero-order valence-electron chi connectivity index (χ0n) is 22.2. The van der Waals surface area contributed by atoms with Crippen molar-refractivity contribution < 1.29 is 14.5 Å². The smallest absolute Gasteiger partial charge is 0.328 e. The second kappa shape index (κ2) is 11.4. The first-order chi connectivity index (χ1) is 19.6. The number of nitrogens with one attached hydrogen (secondary N) is 1. The van der Waals surface area contributed by atoms with Crippen LogP contribution in [0.4, 0.5) is 5.69 Å². The SMILES string of the molecule is CC(C)[C@H](N)C(=O)Oc1cc([N+](=O)[O-])ccc1-c1cc(=O)[nH]c2c(-c3ccc(Cl)cc3)c(Cc3ccccc3)nn12. The number of rotatable bonds is 8. The standard InChI is InChI=1S/C30H26ClN5O5/c1-17(2)28(32)30(38)41-25-15-21(36(39)40)12-13-22(25)24-16-26(37)33-29-27(19-8-10-20(31)11-9-19)23(34-35(24)29)14-18-6-4-3-5-7-18/h3-13,15-17,28H,14,32H2,1-2H3,(H,33,37)/t28-/m0/s1. The fraction of sp³-hybridized carbons (Fsp3) is 0.167. The molecule has 0 aliphatic rings. The molecule has 0 fully saturated rings. The highest BCUT2D eigenvalue weighted by atomic mass is 35.5. The van der Waals surface area contributed by atoms with Gasteiger partial charge in [0, 0.05) is 34.7 Å². The molecule has 0 radical (unpaired) electrons. The number of H-pyrrole nitrogens is 1. The lowest BCUT2D eigenvalue weighted by atomic mass is 10.0. The van der Waals surface area contributed by atoms with E-state index in [0.29, 0.717) is 28.3 Å². The number of hydrogen-bond acceptors (Lipinski definition) is 7. The van der Waals surface area contributed by atoms with Gasteiger partial charge < -0.3 is 15.5 Å². The fourth-order valence-corrected chi connectivity index (χ4v) is 4.61. The minimum Gasteiger partial charge on any atom is -0.424 e. The van der Waals surface area contributed by atoms with Gasteiger partial charge in [-0.15, -0.1) is 0 Å². The summed E-state index contributed by atoms with van der Waals surface area (Å²) < 4.78 is 7.14. The highest BCUT2D eigenvalue weighted by Gasteiger charge is 2.25. The lowest BCUT2D eigenvalue weighted by molar-refractivity contribution is -0.384. The van der Waals surface area contributed by atoms with Crippen molar-refractivity contribution in [1.29, 1.82) is 0 Å². The van der Waals surface area contributed by atoms with Gasteiger partial charge in [-0.05, 0) is 35.2 Å². The van der Waals surface area contributed by atoms with E-state index in [9.17, 15) is 19.7 Å². The molecule has 0 spiro atoms. The number of nitrogens with zero attached hydrogens (tertiary/aromatic N) is 3. The summed E-state index contributed by atoms with van der Waals surface area (Å²) in [5.41, 5.74) is 9.33. The van der Waals surface area contributed by atoms with Crippen LogP contribution in [0.3, 0.4) is 0 Å². The maximum atomic E-state index is 13.0. The second-order valence-electron chi connectivity index (χ2n) is 9.90. The number of nitrogens with two attached hydrogens (primary N) is 1. The van der Waals surface area contributed by atoms with Crippen molar-refractivity contribution in [3.8, 4) is 28.1 Å². The molecule has 11 heteroatoms. The highest BCUT2D eigenvalue weighted by molar-refractivity contribution is 6.30. The first kappa shape index (κ1) is 27.8. The summed E-state index contributed by atoms with van der Waals surface area (Å²) in [6.45, 7) is 3.52. The Kier molecular flexibility index (Phi) is 7.69. The van der Waals surface area contributed by atoms with Gasteiger partial charge in [0.1, 0.15) is 17.4 Å². The van der Waals surface area contributed by atoms with Crippen LogP contribution in [0.15, 0.2) is 83.7 Å². The molecule has 0 amide bonds. The molecule has 0 aliphatic carbocycles. The largest absolute Gasteiger partial charge is 0.424 e. The lowest BCUT2D eigenvalue weighted by Gasteiger charge is -2.16. The second-order valence-corrected chi connectivity index (χ2v) is 10.3. The monoisotopic (exact) mass is 571 g/mol. The fourth-order valence-electron chi connectivity index (χ4n) is 4.49. The zero-order chi connectivity index (χ0) is 29.3. The number of nitro benzene ring substituents is 1. The number of carbonyl (C=O) groups is 1. The number of aromatic nitrogens is 3. The number of nitro groups is 1. The Morgan fingerprint density at radius 2 is 1.80 bits per heavy atom. The minimum absolute atomic E-state index is 0.111. The summed E-state index contributed by atoms with van der Waals surface area (Å²) in [7, 11) is 0. The van der Waals surface area contributed by atoms with E-state index >= 15 is 0 Å². The predicted octanol–water partition coefficient (Wildman–Crippen LogP) is 5.40. The number of halogens is 1. The molecule has 3 N–H and O–H groups in total. The summed E-state index contributed by atoms with van der Waals surface area (Å²) in [5.74, 6) is -1.10. The van der Waals surface area contributed by atoms with E-state index in [2.05, 4.69) is 4.98 Å². The molecule has 2 aromatic heterocycles. The first-order valence-corrected chi connectivity index (χ1v) is 13.2. The van der Waals surface area contributed by atoms with E-state index in [1.807, 2.05) is 42.5 Å². The normalized spacial score (nSPS) is 12.0. The Balaban J connectivity index is 1.75. The molecule has 0 unspecified atom stereocenters. The summed E-state index contributed by atoms with van der Waals surface area (Å²) in [6.07, 6.45) is 0.452. The van der Waals surface area contributed by atoms with Crippen molar-refractivity contribution in [3.63, 3.8) is 0 Å². The molecule has 0 saturated heterocycles. The highest BCUT2D eigenvalue weighted by Crippen LogP contribution is 2.36. The van der Waals surface area contributed by atoms with E-state index in [4.69, 9.17) is 27.2 Å². The van der Waals surface area contributed by atoms with Crippen molar-refractivity contribution in [2.24, 2.45) is 11.7 Å². The summed E-state index contributed by atoms with van der Waals surface area (Å²) in [4.78, 5) is 39.7. The maximum Gasteiger partial charge on any atom is 0.328 e. The van der Waals surface area contributed by atoms with E-state index in [1.54, 1.807) is 30.5 Å². The molecule has 5 aromatic rings. The summed E-state index contributed by atoms with van der Waals surface area (Å²) >= 11 is 6.15. The molecule has 1 atom stereocenters. The molecule has 0 saturated carbocycles. The van der Waals surface area contributed by atoms with Crippen molar-refractivity contribution in [1.82, 2.24) is 14.6 Å². The third kappa shape index (κ3) is 5.74. The van der Waals surface area contributed by atoms with Gasteiger partial charge in [-0.1, -0.05) is 67.9 Å². The van der Waals surface area contributed by atoms with Crippen molar-refractivity contribution in [3.05, 3.63) is 116 Å². The van der Waals surface area contributed by atoms with Gasteiger partial charge in [-0.2, -0.15) is 5.10 Å². The van der Waals surface area contributed by atoms with Crippen LogP contribution in [0.5, 0.6) is 5.75 Å². The predicted molar refractivity (Wildman–Crippen MR) is 156 cm³/mol. The van der Waals surface area contributed by atoms with Crippen LogP contribution >= 0.6 is 11.6 Å². The lowest BCUT2D eigenvalue weighted by Crippen LogP contribution is -2.38. The van der Waals surface area contributed by atoms with Gasteiger partial charge in [0.15, 0.2) is 0 Å². The van der Waals surface area contributed by atoms with Gasteiger partial charge in [0.2, 0.25) is 0 Å². The van der Waals surface area contributed by atoms with Gasteiger partial charge in [0.25, 0.3) is 11.2 Å². The van der Waals surface area contributed by atoms with Crippen LogP contribution in [-0.2, 0) is 11.2 Å². The van der Waals surface area contributed by atoms with E-state index < -0.39 is 22.5 Å². The number of benzene rings is 3. The van der Waals surface area contributed by atoms with Gasteiger partial charge in [-0.25, -0.2) is 9.31 Å². The van der Waals surface area contributed by atoms with Crippen molar-refractivity contribution in [2.45, 2.75) is 26.3 Å². The van der Waals surface area contributed by atoms with Gasteiger partial charge in [0.05, 0.1) is 22.4 Å². The molecule has 10 nitrogen and oxygen atoms in total. The molecule has 41 heavy (non-hydrogen) atoms. The molecule has 3 aromatic carbocycles. The van der Waals surface area contributed by atoms with Crippen molar-refractivity contribution >= 4 is 28.9 Å². The Morgan fingerprint density at radius 3 is 2.46 bits per heavy atom. The Morgan fingerprint density at radius 1 is 1.10 bits per heavy atom. The number of esters is 1. The van der Waals surface area contributed by atoms with Crippen LogP contribution < -0.4 is 16.0 Å². The topological polar surface area (TPSA) is 146 Å². The van der Waals surface area contributed by atoms with Crippen LogP contribution in [0, 0.1) is 16.0 Å². The number of non-ortho nitro benzene ring substituents is 1. The van der Waals surface area contributed by atoms with Gasteiger partial charge >= 0.3 is 5.97 Å². The molecular weight excluding hydrogens is 546 g/mol. The number of aromatic amines is 1. The third-order valence-corrected chi connectivity index (χ3v) is 6.95. The Labute approximate surface area is 239 Å². The Hall–Kier alpha value is -4.80. The van der Waals surface area contributed by atoms with E-state index in [0.717, 1.165) is 17.2 Å². The van der Waals surface area contributed by atoms with Crippen molar-refractivity contribution in [2.75, 3.05) is 0 Å². The van der Waals surface area contributed by atoms with Crippen LogP contribution in [-0.4, -0.2) is 31.5 Å². The number of carbonyl (C=O) groups excluding carboxylic acids is 1. The average molecular weight is 572 g/mol. The average Bonchev–Trinajstić information content (AvgIpc) is 3.30. The Bertz CT molecular complexity index is 1810. The molecule has 0 bridgehead atoms. The maximum absolute atomic E-state index is 13.0. The van der Waals surface area contributed by atoms with Gasteiger partial charge in [-0.3, -0.25) is 14.9 Å². The molecular formula is C30H26ClN5O5. The first-order valence-electron chi connectivity index (χ1n) is 12.8. The minimum atomic E-state index is -0.958. The molecule has 5 rings (SSSR count). The van der Waals surface area contributed by atoms with E-state index in [-0.39, 0.29) is 28.6 Å². The molecule has 2 heterocycles. The summed E-state index contributed by atoms with van der Waals surface area (Å²) in [5, 5.41) is 17.0. The number of ether oxygens (including phenoxy) is 1. The van der Waals surface area contributed by atoms with Crippen LogP contribution in [0.1, 0.15) is 25.1 Å². The molecule has 208 valence electrons. The number of hydrogen-bond donors (Lipinski definition) is 2. The zero-order valence-corrected chi connectivity index (χ0v) is 23.0. The molecule has 0 aliphatic heterocycles. The number of fused-ring (bicyclic) bond motifs is 1. The quantitative estimate of drug-likeness (QED) is 0.110. The van der Waals surface area contributed by atoms with Crippen LogP contribution in [0.2, 0.25) is 5.02 Å². The van der Waals surface area contributed by atoms with E-state index in [1.165, 1.54) is 18.2 Å².